The van der Waals surface area contributed by atoms with Gasteiger partial charge in [0.05, 0.1) is 0 Å². The van der Waals surface area contributed by atoms with Crippen molar-refractivity contribution in [3.05, 3.63) is 120 Å². The summed E-state index contributed by atoms with van der Waals surface area (Å²) in [5.41, 5.74) is 4.75. The van der Waals surface area contributed by atoms with E-state index in [0.29, 0.717) is 0 Å². The summed E-state index contributed by atoms with van der Waals surface area (Å²) in [5.74, 6) is 0. The van der Waals surface area contributed by atoms with Gasteiger partial charge in [0.25, 0.3) is 0 Å². The Morgan fingerprint density at radius 2 is 0.688 bits per heavy atom. The van der Waals surface area contributed by atoms with Crippen molar-refractivity contribution in [1.82, 2.24) is 19.9 Å². The van der Waals surface area contributed by atoms with E-state index in [1.807, 2.05) is 49.1 Å². The summed E-state index contributed by atoms with van der Waals surface area (Å²) >= 11 is 0. The number of aromatic nitrogens is 4. The Morgan fingerprint density at radius 3 is 0.906 bits per heavy atom. The molecule has 0 N–H and O–H groups in total. The van der Waals surface area contributed by atoms with Crippen molar-refractivity contribution in [2.24, 2.45) is 0 Å². The fourth-order valence-electron chi connectivity index (χ4n) is 3.59. The van der Waals surface area contributed by atoms with Gasteiger partial charge in [-0.25, -0.2) is 0 Å². The Bertz CT molecular complexity index is 864. The molecule has 0 saturated carbocycles. The van der Waals surface area contributed by atoms with Crippen molar-refractivity contribution >= 4 is 15.8 Å². The van der Waals surface area contributed by atoms with Crippen LogP contribution in [0.15, 0.2) is 97.6 Å². The van der Waals surface area contributed by atoms with Crippen LogP contribution in [0.1, 0.15) is 22.8 Å². The second-order valence-electron chi connectivity index (χ2n) is 7.71. The van der Waals surface area contributed by atoms with E-state index in [9.17, 15) is 0 Å². The topological polar surface area (TPSA) is 51.6 Å². The Labute approximate surface area is 193 Å². The fraction of sp³-hybridized carbons (Fsp3) is 0.231. The van der Waals surface area contributed by atoms with Crippen molar-refractivity contribution in [1.29, 1.82) is 0 Å². The van der Waals surface area contributed by atoms with Crippen LogP contribution < -0.4 is 0 Å². The molecule has 0 fully saturated rings. The molecule has 0 saturated heterocycles. The van der Waals surface area contributed by atoms with Crippen LogP contribution in [0.25, 0.3) is 0 Å². The van der Waals surface area contributed by atoms with E-state index in [1.54, 1.807) is 0 Å². The van der Waals surface area contributed by atoms with Crippen LogP contribution >= 0.6 is 15.8 Å². The average Bonchev–Trinajstić information content (AvgIpc) is 2.85. The standard InChI is InChI=1S/C26H28N4P2/c1-5-13-27-23(9-1)19-31(20-24-10-2-6-14-28-24)17-18-32(21-25-11-3-7-15-29-25)22-26-12-4-8-16-30-26/h1-16H,17-22H2. The summed E-state index contributed by atoms with van der Waals surface area (Å²) < 4.78 is 0. The maximum Gasteiger partial charge on any atom is 0.0446 e. The highest BCUT2D eigenvalue weighted by Crippen LogP contribution is 2.49. The third-order valence-corrected chi connectivity index (χ3v) is 10.3. The number of hydrogen-bond acceptors (Lipinski definition) is 4. The molecule has 4 aromatic heterocycles. The lowest BCUT2D eigenvalue weighted by Crippen LogP contribution is -2.03. The van der Waals surface area contributed by atoms with Crippen LogP contribution in [-0.2, 0) is 24.6 Å². The number of pyridine rings is 4. The molecule has 162 valence electrons. The van der Waals surface area contributed by atoms with Crippen molar-refractivity contribution in [3.63, 3.8) is 0 Å². The molecule has 0 unspecified atom stereocenters. The van der Waals surface area contributed by atoms with Gasteiger partial charge >= 0.3 is 0 Å². The van der Waals surface area contributed by atoms with Gasteiger partial charge in [-0.2, -0.15) is 0 Å². The van der Waals surface area contributed by atoms with Crippen LogP contribution in [0, 0.1) is 0 Å². The maximum atomic E-state index is 4.60. The molecule has 32 heavy (non-hydrogen) atoms. The molecule has 4 heterocycles. The lowest BCUT2D eigenvalue weighted by atomic mass is 10.4. The quantitative estimate of drug-likeness (QED) is 0.247. The van der Waals surface area contributed by atoms with E-state index in [-0.39, 0.29) is 15.8 Å². The monoisotopic (exact) mass is 458 g/mol. The van der Waals surface area contributed by atoms with Gasteiger partial charge in [-0.15, -0.1) is 0 Å². The molecule has 0 aliphatic carbocycles. The molecule has 4 aromatic rings. The Kier molecular flexibility index (Phi) is 8.84. The first-order valence-corrected chi connectivity index (χ1v) is 14.7. The molecule has 6 heteroatoms. The molecule has 4 rings (SSSR count). The smallest absolute Gasteiger partial charge is 0.0446 e. The van der Waals surface area contributed by atoms with Crippen LogP contribution in [-0.4, -0.2) is 32.3 Å². The fourth-order valence-corrected chi connectivity index (χ4v) is 9.29. The van der Waals surface area contributed by atoms with E-state index < -0.39 is 0 Å². The van der Waals surface area contributed by atoms with E-state index in [1.165, 1.54) is 35.1 Å². The van der Waals surface area contributed by atoms with Crippen LogP contribution in [0.4, 0.5) is 0 Å². The first kappa shape index (κ1) is 22.6. The molecule has 0 aliphatic rings. The van der Waals surface area contributed by atoms with Gasteiger partial charge in [0.2, 0.25) is 0 Å². The molecular formula is C26H28N4P2. The van der Waals surface area contributed by atoms with Crippen LogP contribution in [0.2, 0.25) is 0 Å². The average molecular weight is 458 g/mol. The minimum Gasteiger partial charge on any atom is -0.261 e. The Hall–Kier alpha value is -2.54. The molecule has 0 atom stereocenters. The molecule has 4 nitrogen and oxygen atoms in total. The number of hydrogen-bond donors (Lipinski definition) is 0. The van der Waals surface area contributed by atoms with Crippen LogP contribution in [0.5, 0.6) is 0 Å². The third-order valence-electron chi connectivity index (χ3n) is 5.18. The molecule has 0 aromatic carbocycles. The van der Waals surface area contributed by atoms with Gasteiger partial charge < -0.3 is 0 Å². The summed E-state index contributed by atoms with van der Waals surface area (Å²) in [7, 11) is -0.489. The third kappa shape index (κ3) is 7.55. The number of nitrogens with zero attached hydrogens (tertiary/aromatic N) is 4. The van der Waals surface area contributed by atoms with Crippen molar-refractivity contribution in [2.45, 2.75) is 24.6 Å². The second-order valence-corrected chi connectivity index (χ2v) is 12.5. The summed E-state index contributed by atoms with van der Waals surface area (Å²) in [6.45, 7) is 0. The largest absolute Gasteiger partial charge is 0.261 e. The summed E-state index contributed by atoms with van der Waals surface area (Å²) in [5, 5.41) is 0. The van der Waals surface area contributed by atoms with E-state index in [0.717, 1.165) is 24.6 Å². The van der Waals surface area contributed by atoms with Crippen molar-refractivity contribution in [2.75, 3.05) is 12.3 Å². The highest BCUT2D eigenvalue weighted by atomic mass is 31.1. The lowest BCUT2D eigenvalue weighted by molar-refractivity contribution is 1.11. The predicted molar refractivity (Wildman–Crippen MR) is 135 cm³/mol. The summed E-state index contributed by atoms with van der Waals surface area (Å²) in [4.78, 5) is 18.4. The van der Waals surface area contributed by atoms with E-state index in [2.05, 4.69) is 68.5 Å². The van der Waals surface area contributed by atoms with E-state index >= 15 is 0 Å². The Morgan fingerprint density at radius 1 is 0.406 bits per heavy atom. The first-order chi connectivity index (χ1) is 15.8. The zero-order valence-electron chi connectivity index (χ0n) is 18.2. The predicted octanol–water partition coefficient (Wildman–Crippen LogP) is 6.33. The van der Waals surface area contributed by atoms with Gasteiger partial charge in [0, 0.05) is 72.2 Å². The highest BCUT2D eigenvalue weighted by Gasteiger charge is 2.17. The molecular weight excluding hydrogens is 430 g/mol. The lowest BCUT2D eigenvalue weighted by Gasteiger charge is -2.22. The minimum atomic E-state index is -0.245. The molecule has 0 radical (unpaired) electrons. The van der Waals surface area contributed by atoms with Gasteiger partial charge in [-0.1, -0.05) is 40.1 Å². The van der Waals surface area contributed by atoms with Crippen molar-refractivity contribution < 1.29 is 0 Å². The van der Waals surface area contributed by atoms with Gasteiger partial charge in [0.1, 0.15) is 0 Å². The van der Waals surface area contributed by atoms with Gasteiger partial charge in [0.15, 0.2) is 0 Å². The normalized spacial score (nSPS) is 11.2. The Balaban J connectivity index is 1.47. The first-order valence-electron chi connectivity index (χ1n) is 10.9. The van der Waals surface area contributed by atoms with Crippen LogP contribution in [0.3, 0.4) is 0 Å². The summed E-state index contributed by atoms with van der Waals surface area (Å²) in [6.07, 6.45) is 14.2. The molecule has 0 aliphatic heterocycles. The van der Waals surface area contributed by atoms with E-state index in [4.69, 9.17) is 0 Å². The zero-order chi connectivity index (χ0) is 21.8. The zero-order valence-corrected chi connectivity index (χ0v) is 20.0. The second kappa shape index (κ2) is 12.5. The van der Waals surface area contributed by atoms with Crippen molar-refractivity contribution in [3.8, 4) is 0 Å². The molecule has 0 spiro atoms. The summed E-state index contributed by atoms with van der Waals surface area (Å²) in [6, 6.07) is 24.9. The molecule has 0 amide bonds. The van der Waals surface area contributed by atoms with Gasteiger partial charge in [-0.05, 0) is 60.9 Å². The maximum absolute atomic E-state index is 4.60. The molecule has 0 bridgehead atoms. The highest BCUT2D eigenvalue weighted by molar-refractivity contribution is 7.60. The SMILES string of the molecule is c1ccc(CP(CCP(Cc2ccccn2)Cc2ccccn2)Cc2ccccn2)nc1. The van der Waals surface area contributed by atoms with Gasteiger partial charge in [-0.3, -0.25) is 19.9 Å². The minimum absolute atomic E-state index is 0.245. The number of rotatable bonds is 11.